The van der Waals surface area contributed by atoms with E-state index < -0.39 is 0 Å². The predicted octanol–water partition coefficient (Wildman–Crippen LogP) is 2.82. The molecule has 106 valence electrons. The van der Waals surface area contributed by atoms with Crippen LogP contribution in [0.2, 0.25) is 0 Å². The molecule has 0 aliphatic heterocycles. The molecule has 0 aromatic carbocycles. The average Bonchev–Trinajstić information content (AvgIpc) is 3.03. The van der Waals surface area contributed by atoms with E-state index in [-0.39, 0.29) is 11.2 Å². The number of aromatic nitrogens is 4. The number of aromatic amines is 1. The molecule has 0 fully saturated rings. The quantitative estimate of drug-likeness (QED) is 0.687. The normalized spacial score (nSPS) is 12.2. The van der Waals surface area contributed by atoms with Crippen LogP contribution in [0, 0.1) is 0 Å². The van der Waals surface area contributed by atoms with E-state index in [0.717, 1.165) is 17.8 Å². The van der Waals surface area contributed by atoms with Crippen LogP contribution >= 0.6 is 0 Å². The summed E-state index contributed by atoms with van der Waals surface area (Å²) in [6.07, 6.45) is 8.45. The summed E-state index contributed by atoms with van der Waals surface area (Å²) < 4.78 is 1.74. The number of nitrogens with zero attached hydrogens (tertiary/aromatic N) is 3. The van der Waals surface area contributed by atoms with Gasteiger partial charge in [0.25, 0.3) is 0 Å². The Balaban J connectivity index is 2.17. The van der Waals surface area contributed by atoms with Gasteiger partial charge in [-0.25, -0.2) is 0 Å². The fourth-order valence-electron chi connectivity index (χ4n) is 1.95. The van der Waals surface area contributed by atoms with E-state index in [4.69, 9.17) is 0 Å². The van der Waals surface area contributed by atoms with Crippen molar-refractivity contribution in [3.8, 4) is 0 Å². The fraction of sp³-hybridized carbons (Fsp3) is 0.400. The van der Waals surface area contributed by atoms with Gasteiger partial charge in [0.1, 0.15) is 0 Å². The van der Waals surface area contributed by atoms with Crippen molar-refractivity contribution in [2.24, 2.45) is 0 Å². The molecule has 0 spiro atoms. The Kier molecular flexibility index (Phi) is 3.88. The SMILES string of the molecule is CCn1cc(C(=O)/C=C/c2cn[nH]c2C(C)(C)C)cn1. The lowest BCUT2D eigenvalue weighted by Crippen LogP contribution is -2.13. The summed E-state index contributed by atoms with van der Waals surface area (Å²) in [4.78, 5) is 12.1. The molecule has 5 nitrogen and oxygen atoms in total. The zero-order valence-electron chi connectivity index (χ0n) is 12.3. The van der Waals surface area contributed by atoms with Gasteiger partial charge in [-0.15, -0.1) is 0 Å². The molecule has 0 unspecified atom stereocenters. The van der Waals surface area contributed by atoms with E-state index in [9.17, 15) is 4.79 Å². The van der Waals surface area contributed by atoms with Gasteiger partial charge in [-0.1, -0.05) is 20.8 Å². The summed E-state index contributed by atoms with van der Waals surface area (Å²) in [5.74, 6) is -0.0502. The fourth-order valence-corrected chi connectivity index (χ4v) is 1.95. The number of rotatable bonds is 4. The molecular formula is C15H20N4O. The monoisotopic (exact) mass is 272 g/mol. The molecule has 2 rings (SSSR count). The first-order valence-corrected chi connectivity index (χ1v) is 6.70. The molecule has 2 aromatic rings. The summed E-state index contributed by atoms with van der Waals surface area (Å²) in [6, 6.07) is 0. The van der Waals surface area contributed by atoms with Crippen LogP contribution in [0.4, 0.5) is 0 Å². The number of carbonyl (C=O) groups is 1. The van der Waals surface area contributed by atoms with Crippen LogP contribution in [0.1, 0.15) is 49.3 Å². The van der Waals surface area contributed by atoms with Crippen LogP contribution in [-0.2, 0) is 12.0 Å². The molecule has 0 bridgehead atoms. The number of carbonyl (C=O) groups excluding carboxylic acids is 1. The third-order valence-electron chi connectivity index (χ3n) is 3.07. The molecule has 2 aromatic heterocycles. The number of aryl methyl sites for hydroxylation is 1. The van der Waals surface area contributed by atoms with Gasteiger partial charge in [-0.05, 0) is 19.1 Å². The first kappa shape index (κ1) is 14.2. The predicted molar refractivity (Wildman–Crippen MR) is 78.6 cm³/mol. The third kappa shape index (κ3) is 3.04. The van der Waals surface area contributed by atoms with Crippen molar-refractivity contribution < 1.29 is 4.79 Å². The first-order chi connectivity index (χ1) is 9.41. The van der Waals surface area contributed by atoms with Crippen molar-refractivity contribution in [1.82, 2.24) is 20.0 Å². The lowest BCUT2D eigenvalue weighted by atomic mass is 9.89. The van der Waals surface area contributed by atoms with Crippen molar-refractivity contribution in [1.29, 1.82) is 0 Å². The lowest BCUT2D eigenvalue weighted by molar-refractivity contribution is 0.104. The highest BCUT2D eigenvalue weighted by Gasteiger charge is 2.18. The highest BCUT2D eigenvalue weighted by Crippen LogP contribution is 2.24. The van der Waals surface area contributed by atoms with Gasteiger partial charge in [0, 0.05) is 29.4 Å². The van der Waals surface area contributed by atoms with Crippen molar-refractivity contribution in [2.75, 3.05) is 0 Å². The van der Waals surface area contributed by atoms with Gasteiger partial charge in [0.05, 0.1) is 18.0 Å². The van der Waals surface area contributed by atoms with Crippen LogP contribution in [-0.4, -0.2) is 25.8 Å². The van der Waals surface area contributed by atoms with Gasteiger partial charge < -0.3 is 0 Å². The number of ketones is 1. The third-order valence-corrected chi connectivity index (χ3v) is 3.07. The molecule has 20 heavy (non-hydrogen) atoms. The van der Waals surface area contributed by atoms with Gasteiger partial charge in [0.15, 0.2) is 5.78 Å². The second-order valence-corrected chi connectivity index (χ2v) is 5.73. The van der Waals surface area contributed by atoms with E-state index in [1.54, 1.807) is 35.4 Å². The molecule has 0 radical (unpaired) electrons. The molecule has 0 atom stereocenters. The minimum atomic E-state index is -0.0502. The zero-order chi connectivity index (χ0) is 14.8. The van der Waals surface area contributed by atoms with Crippen LogP contribution in [0.3, 0.4) is 0 Å². The second-order valence-electron chi connectivity index (χ2n) is 5.73. The molecule has 0 saturated heterocycles. The summed E-state index contributed by atoms with van der Waals surface area (Å²) in [5, 5.41) is 11.1. The number of hydrogen-bond donors (Lipinski definition) is 1. The number of hydrogen-bond acceptors (Lipinski definition) is 3. The maximum atomic E-state index is 12.1. The van der Waals surface area contributed by atoms with Crippen LogP contribution in [0.25, 0.3) is 6.08 Å². The van der Waals surface area contributed by atoms with Crippen molar-refractivity contribution in [3.63, 3.8) is 0 Å². The highest BCUT2D eigenvalue weighted by atomic mass is 16.1. The van der Waals surface area contributed by atoms with E-state index in [2.05, 4.69) is 36.1 Å². The summed E-state index contributed by atoms with van der Waals surface area (Å²) in [5.41, 5.74) is 2.52. The second kappa shape index (κ2) is 5.45. The van der Waals surface area contributed by atoms with Crippen LogP contribution < -0.4 is 0 Å². The smallest absolute Gasteiger partial charge is 0.189 e. The maximum absolute atomic E-state index is 12.1. The Labute approximate surface area is 118 Å². The molecule has 2 heterocycles. The Morgan fingerprint density at radius 3 is 2.75 bits per heavy atom. The van der Waals surface area contributed by atoms with Crippen molar-refractivity contribution in [3.05, 3.63) is 41.5 Å². The summed E-state index contributed by atoms with van der Waals surface area (Å²) in [7, 11) is 0. The minimum Gasteiger partial charge on any atom is -0.289 e. The molecule has 0 saturated carbocycles. The van der Waals surface area contributed by atoms with Crippen molar-refractivity contribution >= 4 is 11.9 Å². The molecule has 0 amide bonds. The largest absolute Gasteiger partial charge is 0.289 e. The average molecular weight is 272 g/mol. The zero-order valence-corrected chi connectivity index (χ0v) is 12.3. The molecule has 1 N–H and O–H groups in total. The Morgan fingerprint density at radius 1 is 1.40 bits per heavy atom. The van der Waals surface area contributed by atoms with Gasteiger partial charge in [-0.3, -0.25) is 14.6 Å². The molecule has 0 aliphatic rings. The van der Waals surface area contributed by atoms with Gasteiger partial charge >= 0.3 is 0 Å². The summed E-state index contributed by atoms with van der Waals surface area (Å²) >= 11 is 0. The van der Waals surface area contributed by atoms with Gasteiger partial charge in [-0.2, -0.15) is 10.2 Å². The summed E-state index contributed by atoms with van der Waals surface area (Å²) in [6.45, 7) is 9.05. The van der Waals surface area contributed by atoms with E-state index in [0.29, 0.717) is 5.56 Å². The van der Waals surface area contributed by atoms with Crippen LogP contribution in [0.15, 0.2) is 24.7 Å². The standard InChI is InChI=1S/C15H20N4O/c1-5-19-10-12(9-17-19)13(20)7-6-11-8-16-18-14(11)15(2,3)4/h6-10H,5H2,1-4H3,(H,16,18)/b7-6+. The number of H-pyrrole nitrogens is 1. The van der Waals surface area contributed by atoms with Gasteiger partial charge in [0.2, 0.25) is 0 Å². The first-order valence-electron chi connectivity index (χ1n) is 6.70. The van der Waals surface area contributed by atoms with E-state index >= 15 is 0 Å². The maximum Gasteiger partial charge on any atom is 0.189 e. The minimum absolute atomic E-state index is 0.0354. The van der Waals surface area contributed by atoms with E-state index in [1.165, 1.54) is 0 Å². The lowest BCUT2D eigenvalue weighted by Gasteiger charge is -2.17. The highest BCUT2D eigenvalue weighted by molar-refractivity contribution is 6.06. The Hall–Kier alpha value is -2.17. The van der Waals surface area contributed by atoms with E-state index in [1.807, 2.05) is 6.92 Å². The molecular weight excluding hydrogens is 252 g/mol. The molecule has 5 heteroatoms. The van der Waals surface area contributed by atoms with Crippen LogP contribution in [0.5, 0.6) is 0 Å². The topological polar surface area (TPSA) is 63.6 Å². The molecule has 0 aliphatic carbocycles. The number of allylic oxidation sites excluding steroid dienone is 1. The Morgan fingerprint density at radius 2 is 2.15 bits per heavy atom. The van der Waals surface area contributed by atoms with Crippen molar-refractivity contribution in [2.45, 2.75) is 39.7 Å². The number of nitrogens with one attached hydrogen (secondary N) is 1. The Bertz CT molecular complexity index is 628.